The summed E-state index contributed by atoms with van der Waals surface area (Å²) in [5.74, 6) is -0.0721. The van der Waals surface area contributed by atoms with Crippen molar-refractivity contribution in [2.24, 2.45) is 0 Å². The van der Waals surface area contributed by atoms with Crippen molar-refractivity contribution in [1.82, 2.24) is 9.88 Å². The molecule has 1 aliphatic rings. The van der Waals surface area contributed by atoms with Gasteiger partial charge in [0.15, 0.2) is 0 Å². The maximum atomic E-state index is 12.8. The molecular formula is C21H25N3O4. The van der Waals surface area contributed by atoms with Crippen LogP contribution < -0.4 is 10.1 Å². The summed E-state index contributed by atoms with van der Waals surface area (Å²) >= 11 is 0. The van der Waals surface area contributed by atoms with Crippen LogP contribution in [0, 0.1) is 13.8 Å². The van der Waals surface area contributed by atoms with Gasteiger partial charge in [-0.15, -0.1) is 0 Å². The first kappa shape index (κ1) is 19.8. The van der Waals surface area contributed by atoms with E-state index in [9.17, 15) is 9.59 Å². The van der Waals surface area contributed by atoms with Crippen LogP contribution >= 0.6 is 0 Å². The number of aromatic nitrogens is 1. The second kappa shape index (κ2) is 8.84. The van der Waals surface area contributed by atoms with Crippen molar-refractivity contribution in [2.45, 2.75) is 20.8 Å². The van der Waals surface area contributed by atoms with Gasteiger partial charge in [-0.25, -0.2) is 4.98 Å². The molecule has 1 aliphatic heterocycles. The Kier molecular flexibility index (Phi) is 6.26. The Morgan fingerprint density at radius 3 is 2.61 bits per heavy atom. The Bertz CT molecular complexity index is 876. The molecule has 7 heteroatoms. The molecule has 1 aromatic heterocycles. The highest BCUT2D eigenvalue weighted by atomic mass is 16.5. The molecule has 0 bridgehead atoms. The van der Waals surface area contributed by atoms with E-state index in [0.29, 0.717) is 55.6 Å². The van der Waals surface area contributed by atoms with Gasteiger partial charge in [0.25, 0.3) is 11.8 Å². The normalized spacial score (nSPS) is 13.9. The van der Waals surface area contributed by atoms with Crippen molar-refractivity contribution >= 4 is 17.5 Å². The van der Waals surface area contributed by atoms with E-state index < -0.39 is 0 Å². The number of aryl methyl sites for hydroxylation is 1. The molecule has 1 N–H and O–H groups in total. The maximum absolute atomic E-state index is 12.8. The van der Waals surface area contributed by atoms with Gasteiger partial charge in [0.05, 0.1) is 19.8 Å². The van der Waals surface area contributed by atoms with Gasteiger partial charge in [-0.05, 0) is 50.6 Å². The number of nitrogens with one attached hydrogen (secondary N) is 1. The molecule has 0 radical (unpaired) electrons. The number of benzene rings is 1. The summed E-state index contributed by atoms with van der Waals surface area (Å²) in [7, 11) is 0. The molecule has 148 valence electrons. The number of carbonyl (C=O) groups is 2. The molecule has 1 aromatic carbocycles. The highest BCUT2D eigenvalue weighted by Crippen LogP contribution is 2.23. The highest BCUT2D eigenvalue weighted by molar-refractivity contribution is 6.07. The quantitative estimate of drug-likeness (QED) is 0.859. The SMILES string of the molecule is CCOc1nc(C)ccc1C(=O)Nc1cccc(C(=O)N2CCOCC2)c1C. The molecule has 0 aliphatic carbocycles. The molecule has 2 aromatic rings. The number of anilines is 1. The minimum atomic E-state index is -0.324. The number of amides is 2. The number of morpholine rings is 1. The summed E-state index contributed by atoms with van der Waals surface area (Å²) in [6, 6.07) is 8.80. The summed E-state index contributed by atoms with van der Waals surface area (Å²) in [6.07, 6.45) is 0. The first-order chi connectivity index (χ1) is 13.5. The molecule has 2 heterocycles. The van der Waals surface area contributed by atoms with Gasteiger partial charge in [0, 0.05) is 30.0 Å². The fraction of sp³-hybridized carbons (Fsp3) is 0.381. The third kappa shape index (κ3) is 4.31. The molecule has 7 nitrogen and oxygen atoms in total. The summed E-state index contributed by atoms with van der Waals surface area (Å²) in [5.41, 5.74) is 3.02. The number of pyridine rings is 1. The van der Waals surface area contributed by atoms with Crippen LogP contribution in [0.25, 0.3) is 0 Å². The summed E-state index contributed by atoms with van der Waals surface area (Å²) in [5, 5.41) is 2.89. The number of hydrogen-bond acceptors (Lipinski definition) is 5. The smallest absolute Gasteiger partial charge is 0.261 e. The molecule has 0 spiro atoms. The first-order valence-electron chi connectivity index (χ1n) is 9.39. The fourth-order valence-corrected chi connectivity index (χ4v) is 3.08. The van der Waals surface area contributed by atoms with Crippen LogP contribution in [-0.4, -0.2) is 54.6 Å². The lowest BCUT2D eigenvalue weighted by molar-refractivity contribution is 0.0302. The van der Waals surface area contributed by atoms with Gasteiger partial charge in [-0.3, -0.25) is 9.59 Å². The van der Waals surface area contributed by atoms with Crippen LogP contribution in [0.3, 0.4) is 0 Å². The number of carbonyl (C=O) groups excluding carboxylic acids is 2. The highest BCUT2D eigenvalue weighted by Gasteiger charge is 2.22. The van der Waals surface area contributed by atoms with Gasteiger partial charge >= 0.3 is 0 Å². The van der Waals surface area contributed by atoms with E-state index in [-0.39, 0.29) is 11.8 Å². The van der Waals surface area contributed by atoms with Crippen LogP contribution in [-0.2, 0) is 4.74 Å². The molecular weight excluding hydrogens is 358 g/mol. The molecule has 28 heavy (non-hydrogen) atoms. The number of hydrogen-bond donors (Lipinski definition) is 1. The lowest BCUT2D eigenvalue weighted by Crippen LogP contribution is -2.41. The van der Waals surface area contributed by atoms with Crippen molar-refractivity contribution < 1.29 is 19.1 Å². The van der Waals surface area contributed by atoms with Crippen molar-refractivity contribution in [3.63, 3.8) is 0 Å². The minimum Gasteiger partial charge on any atom is -0.477 e. The van der Waals surface area contributed by atoms with Crippen LogP contribution in [0.15, 0.2) is 30.3 Å². The number of nitrogens with zero attached hydrogens (tertiary/aromatic N) is 2. The van der Waals surface area contributed by atoms with E-state index in [2.05, 4.69) is 10.3 Å². The zero-order valence-electron chi connectivity index (χ0n) is 16.4. The van der Waals surface area contributed by atoms with Gasteiger partial charge in [0.1, 0.15) is 5.56 Å². The minimum absolute atomic E-state index is 0.0519. The third-order valence-corrected chi connectivity index (χ3v) is 4.64. The largest absolute Gasteiger partial charge is 0.477 e. The van der Waals surface area contributed by atoms with Gasteiger partial charge in [-0.2, -0.15) is 0 Å². The Labute approximate surface area is 164 Å². The monoisotopic (exact) mass is 383 g/mol. The molecule has 2 amide bonds. The zero-order valence-corrected chi connectivity index (χ0v) is 16.4. The van der Waals surface area contributed by atoms with Crippen LogP contribution in [0.4, 0.5) is 5.69 Å². The van der Waals surface area contributed by atoms with E-state index in [4.69, 9.17) is 9.47 Å². The predicted octanol–water partition coefficient (Wildman–Crippen LogP) is 2.82. The topological polar surface area (TPSA) is 80.8 Å². The standard InChI is InChI=1S/C21H25N3O4/c1-4-28-20-17(9-8-14(2)22-20)19(25)23-18-7-5-6-16(15(18)3)21(26)24-10-12-27-13-11-24/h5-9H,4,10-13H2,1-3H3,(H,23,25). The van der Waals surface area contributed by atoms with E-state index in [1.807, 2.05) is 20.8 Å². The Morgan fingerprint density at radius 1 is 1.14 bits per heavy atom. The van der Waals surface area contributed by atoms with Crippen molar-refractivity contribution in [3.8, 4) is 5.88 Å². The fourth-order valence-electron chi connectivity index (χ4n) is 3.08. The zero-order chi connectivity index (χ0) is 20.1. The lowest BCUT2D eigenvalue weighted by atomic mass is 10.0. The Hall–Kier alpha value is -2.93. The molecule has 3 rings (SSSR count). The first-order valence-corrected chi connectivity index (χ1v) is 9.39. The van der Waals surface area contributed by atoms with Crippen LogP contribution in [0.5, 0.6) is 5.88 Å². The van der Waals surface area contributed by atoms with Crippen LogP contribution in [0.2, 0.25) is 0 Å². The Morgan fingerprint density at radius 2 is 1.89 bits per heavy atom. The average molecular weight is 383 g/mol. The van der Waals surface area contributed by atoms with E-state index in [0.717, 1.165) is 11.3 Å². The summed E-state index contributed by atoms with van der Waals surface area (Å²) in [4.78, 5) is 31.7. The number of rotatable bonds is 5. The molecule has 1 saturated heterocycles. The van der Waals surface area contributed by atoms with E-state index in [1.165, 1.54) is 0 Å². The summed E-state index contributed by atoms with van der Waals surface area (Å²) < 4.78 is 10.8. The van der Waals surface area contributed by atoms with Gasteiger partial charge < -0.3 is 19.7 Å². The predicted molar refractivity (Wildman–Crippen MR) is 106 cm³/mol. The molecule has 0 saturated carbocycles. The van der Waals surface area contributed by atoms with Crippen molar-refractivity contribution in [3.05, 3.63) is 52.7 Å². The Balaban J connectivity index is 1.83. The molecule has 0 atom stereocenters. The maximum Gasteiger partial charge on any atom is 0.261 e. The second-order valence-electron chi connectivity index (χ2n) is 6.58. The molecule has 1 fully saturated rings. The second-order valence-corrected chi connectivity index (χ2v) is 6.58. The van der Waals surface area contributed by atoms with Gasteiger partial charge in [-0.1, -0.05) is 6.07 Å². The third-order valence-electron chi connectivity index (χ3n) is 4.64. The number of ether oxygens (including phenoxy) is 2. The summed E-state index contributed by atoms with van der Waals surface area (Å²) in [6.45, 7) is 8.16. The van der Waals surface area contributed by atoms with Crippen molar-refractivity contribution in [1.29, 1.82) is 0 Å². The van der Waals surface area contributed by atoms with E-state index >= 15 is 0 Å². The van der Waals surface area contributed by atoms with E-state index in [1.54, 1.807) is 35.2 Å². The average Bonchev–Trinajstić information content (AvgIpc) is 2.70. The van der Waals surface area contributed by atoms with Crippen molar-refractivity contribution in [2.75, 3.05) is 38.2 Å². The van der Waals surface area contributed by atoms with Gasteiger partial charge in [0.2, 0.25) is 5.88 Å². The van der Waals surface area contributed by atoms with Crippen LogP contribution in [0.1, 0.15) is 38.9 Å². The molecule has 0 unspecified atom stereocenters. The lowest BCUT2D eigenvalue weighted by Gasteiger charge is -2.27.